The zero-order chi connectivity index (χ0) is 22.0. The van der Waals surface area contributed by atoms with Gasteiger partial charge >= 0.3 is 0 Å². The smallest absolute Gasteiger partial charge is 0.192 e. The molecule has 172 valence electrons. The second-order valence-electron chi connectivity index (χ2n) is 10.4. The molecule has 1 N–H and O–H groups in total. The average Bonchev–Trinajstić information content (AvgIpc) is 2.63. The summed E-state index contributed by atoms with van der Waals surface area (Å²) in [4.78, 5) is 0. The van der Waals surface area contributed by atoms with E-state index in [9.17, 15) is 5.11 Å². The molecule has 2 aliphatic heterocycles. The fraction of sp³-hybridized carbons (Fsp3) is 1.00. The Hall–Kier alpha value is -0.0631. The number of aliphatic hydroxyl groups excluding tert-OH is 1. The molecule has 0 saturated carbocycles. The molecule has 0 radical (unpaired) electrons. The van der Waals surface area contributed by atoms with Gasteiger partial charge in [-0.3, -0.25) is 0 Å². The predicted molar refractivity (Wildman–Crippen MR) is 114 cm³/mol. The normalized spacial score (nSPS) is 33.9. The molecule has 6 atom stereocenters. The van der Waals surface area contributed by atoms with Gasteiger partial charge in [0.15, 0.2) is 8.32 Å². The van der Waals surface area contributed by atoms with Crippen LogP contribution in [0.25, 0.3) is 0 Å². The zero-order valence-corrected chi connectivity index (χ0v) is 20.7. The standard InChI is InChI=1S/C21H42O7Si/c1-20(2,3)29(8,9)27-12-14(23-6)10-16-21(4,5)19(24-7)18-17(28-16)15(11-22)25-13-26-18/h14-19,22H,10-13H2,1-9H3/t14-,15-,16-,17-,18+,19-/m1/s1. The first-order chi connectivity index (χ1) is 13.4. The Kier molecular flexibility index (Phi) is 8.35. The van der Waals surface area contributed by atoms with E-state index >= 15 is 0 Å². The van der Waals surface area contributed by atoms with Crippen molar-refractivity contribution in [1.82, 2.24) is 0 Å². The van der Waals surface area contributed by atoms with Gasteiger partial charge in [0.25, 0.3) is 0 Å². The molecule has 29 heavy (non-hydrogen) atoms. The molecule has 0 aliphatic carbocycles. The Morgan fingerprint density at radius 3 is 2.31 bits per heavy atom. The summed E-state index contributed by atoms with van der Waals surface area (Å²) in [6.07, 6.45) is -0.838. The lowest BCUT2D eigenvalue weighted by molar-refractivity contribution is -0.331. The highest BCUT2D eigenvalue weighted by molar-refractivity contribution is 6.74. The average molecular weight is 435 g/mol. The lowest BCUT2D eigenvalue weighted by Gasteiger charge is -2.54. The van der Waals surface area contributed by atoms with Gasteiger partial charge in [0.1, 0.15) is 25.1 Å². The van der Waals surface area contributed by atoms with Crippen molar-refractivity contribution < 1.29 is 33.2 Å². The maximum Gasteiger partial charge on any atom is 0.192 e. The summed E-state index contributed by atoms with van der Waals surface area (Å²) >= 11 is 0. The van der Waals surface area contributed by atoms with Gasteiger partial charge in [-0.1, -0.05) is 34.6 Å². The van der Waals surface area contributed by atoms with E-state index in [-0.39, 0.29) is 54.4 Å². The summed E-state index contributed by atoms with van der Waals surface area (Å²) in [6, 6.07) is 0. The molecule has 0 aromatic carbocycles. The minimum Gasteiger partial charge on any atom is -0.414 e. The summed E-state index contributed by atoms with van der Waals surface area (Å²) < 4.78 is 35.9. The third kappa shape index (κ3) is 5.41. The maximum atomic E-state index is 9.74. The van der Waals surface area contributed by atoms with Crippen LogP contribution in [-0.4, -0.2) is 84.3 Å². The van der Waals surface area contributed by atoms with E-state index in [0.29, 0.717) is 13.0 Å². The van der Waals surface area contributed by atoms with Crippen molar-refractivity contribution >= 4 is 8.32 Å². The Bertz CT molecular complexity index is 520. The monoisotopic (exact) mass is 434 g/mol. The zero-order valence-electron chi connectivity index (χ0n) is 19.7. The van der Waals surface area contributed by atoms with Gasteiger partial charge in [-0.15, -0.1) is 0 Å². The van der Waals surface area contributed by atoms with Gasteiger partial charge in [-0.2, -0.15) is 0 Å². The molecule has 2 heterocycles. The molecule has 7 nitrogen and oxygen atoms in total. The second-order valence-corrected chi connectivity index (χ2v) is 15.2. The largest absolute Gasteiger partial charge is 0.414 e. The first kappa shape index (κ1) is 25.2. The molecule has 0 unspecified atom stereocenters. The van der Waals surface area contributed by atoms with Crippen molar-refractivity contribution in [3.8, 4) is 0 Å². The van der Waals surface area contributed by atoms with Gasteiger partial charge < -0.3 is 33.2 Å². The van der Waals surface area contributed by atoms with Crippen LogP contribution in [0.1, 0.15) is 41.0 Å². The van der Waals surface area contributed by atoms with Crippen molar-refractivity contribution in [2.75, 3.05) is 34.2 Å². The maximum absolute atomic E-state index is 9.74. The van der Waals surface area contributed by atoms with E-state index in [2.05, 4.69) is 47.7 Å². The van der Waals surface area contributed by atoms with Crippen LogP contribution >= 0.6 is 0 Å². The molecular formula is C21H42O7Si. The molecule has 0 aromatic rings. The van der Waals surface area contributed by atoms with E-state index in [1.165, 1.54) is 0 Å². The summed E-state index contributed by atoms with van der Waals surface area (Å²) in [7, 11) is 1.55. The van der Waals surface area contributed by atoms with E-state index in [1.807, 2.05) is 0 Å². The number of fused-ring (bicyclic) bond motifs is 1. The van der Waals surface area contributed by atoms with Crippen LogP contribution in [-0.2, 0) is 28.1 Å². The summed E-state index contributed by atoms with van der Waals surface area (Å²) in [5.41, 5.74) is -0.305. The lowest BCUT2D eigenvalue weighted by atomic mass is 9.72. The van der Waals surface area contributed by atoms with Crippen LogP contribution in [0.5, 0.6) is 0 Å². The third-order valence-corrected chi connectivity index (χ3v) is 11.6. The summed E-state index contributed by atoms with van der Waals surface area (Å²) in [6.45, 7) is 16.0. The van der Waals surface area contributed by atoms with Gasteiger partial charge in [-0.05, 0) is 18.1 Å². The van der Waals surface area contributed by atoms with E-state index in [1.54, 1.807) is 14.2 Å². The molecule has 2 saturated heterocycles. The lowest BCUT2D eigenvalue weighted by Crippen LogP contribution is -2.66. The summed E-state index contributed by atoms with van der Waals surface area (Å²) in [5.74, 6) is 0. The van der Waals surface area contributed by atoms with Crippen molar-refractivity contribution in [2.45, 2.75) is 95.8 Å². The van der Waals surface area contributed by atoms with Crippen LogP contribution in [0.4, 0.5) is 0 Å². The van der Waals surface area contributed by atoms with Crippen molar-refractivity contribution in [3.63, 3.8) is 0 Å². The molecule has 2 rings (SSSR count). The van der Waals surface area contributed by atoms with Crippen LogP contribution in [0.2, 0.25) is 18.1 Å². The van der Waals surface area contributed by atoms with Crippen molar-refractivity contribution in [3.05, 3.63) is 0 Å². The Morgan fingerprint density at radius 1 is 1.14 bits per heavy atom. The van der Waals surface area contributed by atoms with E-state index in [4.69, 9.17) is 28.1 Å². The molecule has 0 aromatic heterocycles. The van der Waals surface area contributed by atoms with Gasteiger partial charge in [0.2, 0.25) is 0 Å². The van der Waals surface area contributed by atoms with Gasteiger partial charge in [0, 0.05) is 26.1 Å². The number of aliphatic hydroxyl groups is 1. The number of ether oxygens (including phenoxy) is 5. The highest BCUT2D eigenvalue weighted by Crippen LogP contribution is 2.44. The van der Waals surface area contributed by atoms with Crippen LogP contribution in [0, 0.1) is 5.41 Å². The second kappa shape index (κ2) is 9.61. The minimum atomic E-state index is -1.87. The molecule has 0 spiro atoms. The molecule has 2 fully saturated rings. The molecule has 8 heteroatoms. The number of rotatable bonds is 8. The number of hydrogen-bond donors (Lipinski definition) is 1. The Morgan fingerprint density at radius 2 is 1.79 bits per heavy atom. The number of methoxy groups -OCH3 is 2. The SMILES string of the molecule is CO[C@@H](CO[Si](C)(C)C(C)(C)C)C[C@H]1O[C@H]2[C@H](OCO[C@@H]2CO)[C@@H](OC)C1(C)C. The molecule has 0 bridgehead atoms. The fourth-order valence-corrected chi connectivity index (χ4v) is 4.98. The first-order valence-corrected chi connectivity index (χ1v) is 13.5. The van der Waals surface area contributed by atoms with Crippen LogP contribution in [0.15, 0.2) is 0 Å². The van der Waals surface area contributed by atoms with Crippen LogP contribution < -0.4 is 0 Å². The van der Waals surface area contributed by atoms with Crippen molar-refractivity contribution in [2.24, 2.45) is 5.41 Å². The third-order valence-electron chi connectivity index (χ3n) is 7.10. The molecule has 2 aliphatic rings. The minimum absolute atomic E-state index is 0.0968. The van der Waals surface area contributed by atoms with Gasteiger partial charge in [-0.25, -0.2) is 0 Å². The molecule has 0 amide bonds. The fourth-order valence-electron chi connectivity index (χ4n) is 3.95. The highest BCUT2D eigenvalue weighted by atomic mass is 28.4. The van der Waals surface area contributed by atoms with E-state index < -0.39 is 14.4 Å². The summed E-state index contributed by atoms with van der Waals surface area (Å²) in [5, 5.41) is 9.89. The topological polar surface area (TPSA) is 75.6 Å². The molecular weight excluding hydrogens is 392 g/mol. The van der Waals surface area contributed by atoms with Crippen molar-refractivity contribution in [1.29, 1.82) is 0 Å². The highest BCUT2D eigenvalue weighted by Gasteiger charge is 2.55. The Labute approximate surface area is 177 Å². The quantitative estimate of drug-likeness (QED) is 0.589. The predicted octanol–water partition coefficient (Wildman–Crippen LogP) is 2.96. The van der Waals surface area contributed by atoms with Crippen LogP contribution in [0.3, 0.4) is 0 Å². The van der Waals surface area contributed by atoms with Gasteiger partial charge in [0.05, 0.1) is 31.5 Å². The first-order valence-electron chi connectivity index (χ1n) is 10.6. The number of hydrogen-bond acceptors (Lipinski definition) is 7. The van der Waals surface area contributed by atoms with E-state index in [0.717, 1.165) is 0 Å². The Balaban J connectivity index is 2.13.